The molecule has 2 nitrogen and oxygen atoms in total. The average Bonchev–Trinajstić information content (AvgIpc) is 2.49. The van der Waals surface area contributed by atoms with Gasteiger partial charge in [0.2, 0.25) is 0 Å². The van der Waals surface area contributed by atoms with Crippen LogP contribution in [0.15, 0.2) is 48.5 Å². The maximum Gasteiger partial charge on any atom is 0.128 e. The van der Waals surface area contributed by atoms with Gasteiger partial charge in [-0.3, -0.25) is 0 Å². The number of hydrogen-bond donors (Lipinski definition) is 1. The number of halogens is 1. The summed E-state index contributed by atoms with van der Waals surface area (Å²) in [5.74, 6) is 0.142. The highest BCUT2D eigenvalue weighted by Crippen LogP contribution is 2.15. The minimum Gasteiger partial charge on any atom is -0.372 e. The number of hydrogen-bond acceptors (Lipinski definition) is 2. The van der Waals surface area contributed by atoms with Crippen molar-refractivity contribution in [2.75, 3.05) is 6.54 Å². The predicted molar refractivity (Wildman–Crippen MR) is 78.8 cm³/mol. The lowest BCUT2D eigenvalue weighted by atomic mass is 10.0. The molecule has 0 aliphatic heterocycles. The van der Waals surface area contributed by atoms with Crippen LogP contribution in [-0.4, -0.2) is 6.54 Å². The van der Waals surface area contributed by atoms with Crippen molar-refractivity contribution in [3.8, 4) is 0 Å². The summed E-state index contributed by atoms with van der Waals surface area (Å²) in [5.41, 5.74) is 8.53. The Kier molecular flexibility index (Phi) is 5.27. The van der Waals surface area contributed by atoms with Gasteiger partial charge in [-0.25, -0.2) is 4.39 Å². The molecule has 0 bridgehead atoms. The standard InChI is InChI=1S/C17H20FNO/c1-13(10-19)15-8-6-14(7-9-15)11-20-12-16-4-2-3-5-17(16)18/h2-9,13H,10-12,19H2,1H3. The molecule has 0 aliphatic rings. The van der Waals surface area contributed by atoms with E-state index in [9.17, 15) is 4.39 Å². The minimum atomic E-state index is -0.223. The van der Waals surface area contributed by atoms with Crippen molar-refractivity contribution in [2.45, 2.75) is 26.1 Å². The Hall–Kier alpha value is -1.71. The maximum atomic E-state index is 13.4. The van der Waals surface area contributed by atoms with E-state index < -0.39 is 0 Å². The molecule has 0 aliphatic carbocycles. The molecule has 2 rings (SSSR count). The number of ether oxygens (including phenoxy) is 1. The van der Waals surface area contributed by atoms with Gasteiger partial charge >= 0.3 is 0 Å². The Bertz CT molecular complexity index is 539. The van der Waals surface area contributed by atoms with E-state index in [1.807, 2.05) is 18.2 Å². The normalized spacial score (nSPS) is 12.3. The fraction of sp³-hybridized carbons (Fsp3) is 0.294. The molecule has 0 amide bonds. The highest BCUT2D eigenvalue weighted by molar-refractivity contribution is 5.25. The fourth-order valence-corrected chi connectivity index (χ4v) is 1.97. The highest BCUT2D eigenvalue weighted by atomic mass is 19.1. The van der Waals surface area contributed by atoms with E-state index in [-0.39, 0.29) is 12.4 Å². The molecule has 2 N–H and O–H groups in total. The van der Waals surface area contributed by atoms with Crippen LogP contribution in [0.1, 0.15) is 29.5 Å². The van der Waals surface area contributed by atoms with Crippen LogP contribution < -0.4 is 5.73 Å². The van der Waals surface area contributed by atoms with Crippen molar-refractivity contribution in [2.24, 2.45) is 5.73 Å². The molecule has 0 saturated heterocycles. The Morgan fingerprint density at radius 3 is 2.40 bits per heavy atom. The fourth-order valence-electron chi connectivity index (χ4n) is 1.97. The topological polar surface area (TPSA) is 35.2 Å². The number of benzene rings is 2. The third kappa shape index (κ3) is 3.89. The van der Waals surface area contributed by atoms with Gasteiger partial charge in [0.05, 0.1) is 13.2 Å². The zero-order valence-electron chi connectivity index (χ0n) is 11.7. The van der Waals surface area contributed by atoms with Gasteiger partial charge < -0.3 is 10.5 Å². The van der Waals surface area contributed by atoms with Crippen molar-refractivity contribution < 1.29 is 9.13 Å². The van der Waals surface area contributed by atoms with Gasteiger partial charge in [-0.2, -0.15) is 0 Å². The average molecular weight is 273 g/mol. The summed E-state index contributed by atoms with van der Waals surface area (Å²) < 4.78 is 19.0. The van der Waals surface area contributed by atoms with Crippen LogP contribution in [0.4, 0.5) is 4.39 Å². The smallest absolute Gasteiger partial charge is 0.128 e. The summed E-state index contributed by atoms with van der Waals surface area (Å²) in [4.78, 5) is 0. The lowest BCUT2D eigenvalue weighted by Crippen LogP contribution is -2.08. The molecule has 0 radical (unpaired) electrons. The zero-order valence-corrected chi connectivity index (χ0v) is 11.7. The molecule has 0 aromatic heterocycles. The molecule has 0 spiro atoms. The summed E-state index contributed by atoms with van der Waals surface area (Å²) >= 11 is 0. The first-order chi connectivity index (χ1) is 9.70. The van der Waals surface area contributed by atoms with Crippen LogP contribution in [0.25, 0.3) is 0 Å². The van der Waals surface area contributed by atoms with E-state index in [2.05, 4.69) is 19.1 Å². The van der Waals surface area contributed by atoms with Gasteiger partial charge in [0.1, 0.15) is 5.82 Å². The third-order valence-electron chi connectivity index (χ3n) is 3.39. The molecule has 2 aromatic carbocycles. The number of nitrogens with two attached hydrogens (primary N) is 1. The Labute approximate surface area is 119 Å². The van der Waals surface area contributed by atoms with Crippen molar-refractivity contribution >= 4 is 0 Å². The SMILES string of the molecule is CC(CN)c1ccc(COCc2ccccc2F)cc1. The maximum absolute atomic E-state index is 13.4. The second kappa shape index (κ2) is 7.17. The van der Waals surface area contributed by atoms with Crippen molar-refractivity contribution in [1.82, 2.24) is 0 Å². The summed E-state index contributed by atoms with van der Waals surface area (Å²) in [5, 5.41) is 0. The molecular weight excluding hydrogens is 253 g/mol. The Morgan fingerprint density at radius 2 is 1.75 bits per heavy atom. The van der Waals surface area contributed by atoms with Crippen LogP contribution in [0.2, 0.25) is 0 Å². The monoisotopic (exact) mass is 273 g/mol. The van der Waals surface area contributed by atoms with Gasteiger partial charge in [0, 0.05) is 5.56 Å². The molecule has 1 unspecified atom stereocenters. The van der Waals surface area contributed by atoms with E-state index in [4.69, 9.17) is 10.5 Å². The summed E-state index contributed by atoms with van der Waals surface area (Å²) in [6.07, 6.45) is 0. The van der Waals surface area contributed by atoms with Crippen LogP contribution in [0.5, 0.6) is 0 Å². The summed E-state index contributed by atoms with van der Waals surface area (Å²) in [6, 6.07) is 14.9. The van der Waals surface area contributed by atoms with Crippen molar-refractivity contribution in [3.63, 3.8) is 0 Å². The molecule has 106 valence electrons. The Morgan fingerprint density at radius 1 is 1.05 bits per heavy atom. The van der Waals surface area contributed by atoms with Gasteiger partial charge in [-0.05, 0) is 29.7 Å². The second-order valence-electron chi connectivity index (χ2n) is 4.96. The molecular formula is C17H20FNO. The van der Waals surface area contributed by atoms with Gasteiger partial charge in [-0.1, -0.05) is 49.4 Å². The zero-order chi connectivity index (χ0) is 14.4. The molecule has 3 heteroatoms. The van der Waals surface area contributed by atoms with Crippen LogP contribution in [0, 0.1) is 5.82 Å². The lowest BCUT2D eigenvalue weighted by Gasteiger charge is -2.10. The summed E-state index contributed by atoms with van der Waals surface area (Å²) in [6.45, 7) is 3.51. The quantitative estimate of drug-likeness (QED) is 0.872. The second-order valence-corrected chi connectivity index (χ2v) is 4.96. The third-order valence-corrected chi connectivity index (χ3v) is 3.39. The molecule has 0 fully saturated rings. The van der Waals surface area contributed by atoms with Gasteiger partial charge in [0.15, 0.2) is 0 Å². The van der Waals surface area contributed by atoms with Crippen molar-refractivity contribution in [3.05, 3.63) is 71.0 Å². The van der Waals surface area contributed by atoms with Crippen LogP contribution in [0.3, 0.4) is 0 Å². The van der Waals surface area contributed by atoms with E-state index in [1.165, 1.54) is 11.6 Å². The molecule has 0 saturated carbocycles. The largest absolute Gasteiger partial charge is 0.372 e. The first-order valence-electron chi connectivity index (χ1n) is 6.80. The van der Waals surface area contributed by atoms with Gasteiger partial charge in [0.25, 0.3) is 0 Å². The van der Waals surface area contributed by atoms with E-state index >= 15 is 0 Å². The number of rotatable bonds is 6. The van der Waals surface area contributed by atoms with E-state index in [0.717, 1.165) is 5.56 Å². The first-order valence-corrected chi connectivity index (χ1v) is 6.80. The summed E-state index contributed by atoms with van der Waals surface area (Å²) in [7, 11) is 0. The lowest BCUT2D eigenvalue weighted by molar-refractivity contribution is 0.105. The van der Waals surface area contributed by atoms with E-state index in [1.54, 1.807) is 12.1 Å². The van der Waals surface area contributed by atoms with Crippen LogP contribution in [-0.2, 0) is 18.0 Å². The van der Waals surface area contributed by atoms with Gasteiger partial charge in [-0.15, -0.1) is 0 Å². The predicted octanol–water partition coefficient (Wildman–Crippen LogP) is 3.60. The molecule has 1 atom stereocenters. The molecule has 0 heterocycles. The Balaban J connectivity index is 1.87. The van der Waals surface area contributed by atoms with Crippen molar-refractivity contribution in [1.29, 1.82) is 0 Å². The molecule has 20 heavy (non-hydrogen) atoms. The van der Waals surface area contributed by atoms with E-state index in [0.29, 0.717) is 24.6 Å². The minimum absolute atomic E-state index is 0.223. The highest BCUT2D eigenvalue weighted by Gasteiger charge is 2.04. The molecule has 2 aromatic rings. The first kappa shape index (κ1) is 14.7. The van der Waals surface area contributed by atoms with Crippen LogP contribution >= 0.6 is 0 Å².